The van der Waals surface area contributed by atoms with Crippen molar-refractivity contribution in [3.8, 4) is 22.8 Å². The van der Waals surface area contributed by atoms with Gasteiger partial charge in [-0.3, -0.25) is 9.59 Å². The summed E-state index contributed by atoms with van der Waals surface area (Å²) in [6.07, 6.45) is 1.32. The zero-order valence-corrected chi connectivity index (χ0v) is 16.0. The Labute approximate surface area is 161 Å². The summed E-state index contributed by atoms with van der Waals surface area (Å²) in [4.78, 5) is 31.1. The number of nitrogens with zero attached hydrogens (tertiary/aromatic N) is 2. The lowest BCUT2D eigenvalue weighted by Crippen LogP contribution is -2.47. The molecule has 2 amide bonds. The third-order valence-corrected chi connectivity index (χ3v) is 5.51. The minimum Gasteiger partial charge on any atom is -0.454 e. The molecule has 8 heteroatoms. The van der Waals surface area contributed by atoms with Gasteiger partial charge in [0.25, 0.3) is 0 Å². The summed E-state index contributed by atoms with van der Waals surface area (Å²) in [5, 5.41) is 5.29. The molecule has 1 atom stereocenters. The quantitative estimate of drug-likeness (QED) is 0.853. The Kier molecular flexibility index (Phi) is 4.73. The molecule has 1 aromatic carbocycles. The number of fused-ring (bicyclic) bond motifs is 1. The summed E-state index contributed by atoms with van der Waals surface area (Å²) < 4.78 is 10.7. The molecule has 0 aliphatic carbocycles. The second-order valence-electron chi connectivity index (χ2n) is 6.97. The molecule has 0 bridgehead atoms. The van der Waals surface area contributed by atoms with Crippen molar-refractivity contribution < 1.29 is 19.1 Å². The van der Waals surface area contributed by atoms with Gasteiger partial charge in [-0.2, -0.15) is 0 Å². The van der Waals surface area contributed by atoms with Gasteiger partial charge in [-0.1, -0.05) is 13.8 Å². The lowest BCUT2D eigenvalue weighted by atomic mass is 10.0. The van der Waals surface area contributed by atoms with Crippen molar-refractivity contribution in [2.45, 2.75) is 32.7 Å². The zero-order valence-electron chi connectivity index (χ0n) is 15.2. The van der Waals surface area contributed by atoms with Crippen LogP contribution in [0.5, 0.6) is 11.5 Å². The average molecular weight is 387 g/mol. The van der Waals surface area contributed by atoms with Crippen LogP contribution in [-0.2, 0) is 9.59 Å². The molecule has 4 rings (SSSR count). The Morgan fingerprint density at radius 3 is 2.85 bits per heavy atom. The summed E-state index contributed by atoms with van der Waals surface area (Å²) in [6.45, 7) is 4.77. The highest BCUT2D eigenvalue weighted by molar-refractivity contribution is 7.14. The van der Waals surface area contributed by atoms with E-state index < -0.39 is 6.04 Å². The maximum atomic E-state index is 12.8. The monoisotopic (exact) mass is 387 g/mol. The van der Waals surface area contributed by atoms with Gasteiger partial charge in [0, 0.05) is 23.9 Å². The number of hydrogen-bond acceptors (Lipinski definition) is 6. The summed E-state index contributed by atoms with van der Waals surface area (Å²) in [6, 6.07) is 5.16. The highest BCUT2D eigenvalue weighted by Gasteiger charge is 2.35. The van der Waals surface area contributed by atoms with Gasteiger partial charge in [-0.05, 0) is 30.5 Å². The van der Waals surface area contributed by atoms with Gasteiger partial charge in [-0.15, -0.1) is 11.3 Å². The van der Waals surface area contributed by atoms with Gasteiger partial charge in [0.05, 0.1) is 5.69 Å². The molecule has 1 saturated heterocycles. The molecule has 1 N–H and O–H groups in total. The SMILES string of the molecule is CC(C)[C@@H](C(=O)Nc1nc(-c2ccc3c(c2)OCO3)cs1)N1CCCC1=O. The Balaban J connectivity index is 1.50. The largest absolute Gasteiger partial charge is 0.454 e. The number of ether oxygens (including phenoxy) is 2. The topological polar surface area (TPSA) is 80.8 Å². The number of anilines is 1. The van der Waals surface area contributed by atoms with Gasteiger partial charge in [0.1, 0.15) is 6.04 Å². The third-order valence-electron chi connectivity index (χ3n) is 4.75. The molecule has 2 aliphatic heterocycles. The van der Waals surface area contributed by atoms with Crippen LogP contribution < -0.4 is 14.8 Å². The third kappa shape index (κ3) is 3.49. The van der Waals surface area contributed by atoms with Crippen LogP contribution in [0.25, 0.3) is 11.3 Å². The van der Waals surface area contributed by atoms with Gasteiger partial charge in [0.15, 0.2) is 16.6 Å². The van der Waals surface area contributed by atoms with Gasteiger partial charge < -0.3 is 19.7 Å². The highest BCUT2D eigenvalue weighted by Crippen LogP contribution is 2.36. The van der Waals surface area contributed by atoms with Crippen LogP contribution in [0.15, 0.2) is 23.6 Å². The first-order valence-electron chi connectivity index (χ1n) is 8.99. The molecule has 3 heterocycles. The molecular formula is C19H21N3O4S. The molecule has 2 aromatic rings. The van der Waals surface area contributed by atoms with E-state index in [0.717, 1.165) is 23.4 Å². The minimum absolute atomic E-state index is 0.0281. The molecule has 7 nitrogen and oxygen atoms in total. The van der Waals surface area contributed by atoms with Crippen LogP contribution in [0.2, 0.25) is 0 Å². The van der Waals surface area contributed by atoms with Crippen molar-refractivity contribution in [3.63, 3.8) is 0 Å². The smallest absolute Gasteiger partial charge is 0.249 e. The first-order chi connectivity index (χ1) is 13.0. The molecule has 0 spiro atoms. The maximum Gasteiger partial charge on any atom is 0.249 e. The number of likely N-dealkylation sites (tertiary alicyclic amines) is 1. The molecular weight excluding hydrogens is 366 g/mol. The Hall–Kier alpha value is -2.61. The van der Waals surface area contributed by atoms with E-state index in [4.69, 9.17) is 9.47 Å². The van der Waals surface area contributed by atoms with E-state index >= 15 is 0 Å². The number of aromatic nitrogens is 1. The molecule has 0 radical (unpaired) electrons. The molecule has 1 aromatic heterocycles. The average Bonchev–Trinajstić information content (AvgIpc) is 3.36. The minimum atomic E-state index is -0.474. The van der Waals surface area contributed by atoms with Crippen molar-refractivity contribution in [2.75, 3.05) is 18.7 Å². The highest BCUT2D eigenvalue weighted by atomic mass is 32.1. The van der Waals surface area contributed by atoms with E-state index in [1.165, 1.54) is 11.3 Å². The number of thiazole rings is 1. The Bertz CT molecular complexity index is 880. The summed E-state index contributed by atoms with van der Waals surface area (Å²) in [7, 11) is 0. The summed E-state index contributed by atoms with van der Waals surface area (Å²) in [5.74, 6) is 1.30. The Morgan fingerprint density at radius 2 is 2.11 bits per heavy atom. The van der Waals surface area contributed by atoms with Crippen molar-refractivity contribution in [3.05, 3.63) is 23.6 Å². The second-order valence-corrected chi connectivity index (χ2v) is 7.83. The molecule has 1 fully saturated rings. The lowest BCUT2D eigenvalue weighted by molar-refractivity contribution is -0.136. The van der Waals surface area contributed by atoms with Crippen LogP contribution in [0, 0.1) is 5.92 Å². The molecule has 27 heavy (non-hydrogen) atoms. The predicted octanol–water partition coefficient (Wildman–Crippen LogP) is 3.12. The number of benzene rings is 1. The fourth-order valence-corrected chi connectivity index (χ4v) is 4.19. The van der Waals surface area contributed by atoms with Gasteiger partial charge in [-0.25, -0.2) is 4.98 Å². The first-order valence-corrected chi connectivity index (χ1v) is 9.87. The summed E-state index contributed by atoms with van der Waals surface area (Å²) >= 11 is 1.36. The predicted molar refractivity (Wildman–Crippen MR) is 102 cm³/mol. The van der Waals surface area contributed by atoms with E-state index in [0.29, 0.717) is 23.8 Å². The Morgan fingerprint density at radius 1 is 1.30 bits per heavy atom. The molecule has 0 saturated carbocycles. The summed E-state index contributed by atoms with van der Waals surface area (Å²) in [5.41, 5.74) is 1.65. The van der Waals surface area contributed by atoms with Crippen molar-refractivity contribution >= 4 is 28.3 Å². The van der Waals surface area contributed by atoms with Crippen LogP contribution >= 0.6 is 11.3 Å². The van der Waals surface area contributed by atoms with Crippen molar-refractivity contribution in [1.82, 2.24) is 9.88 Å². The standard InChI is InChI=1S/C19H21N3O4S/c1-11(2)17(22-7-3-4-16(22)23)18(24)21-19-20-13(9-27-19)12-5-6-14-15(8-12)26-10-25-14/h5-6,8-9,11,17H,3-4,7,10H2,1-2H3,(H,20,21,24)/t17-/m0/s1. The lowest BCUT2D eigenvalue weighted by Gasteiger charge is -2.29. The van der Waals surface area contributed by atoms with E-state index in [9.17, 15) is 9.59 Å². The fourth-order valence-electron chi connectivity index (χ4n) is 3.47. The first kappa shape index (κ1) is 17.8. The van der Waals surface area contributed by atoms with Gasteiger partial charge >= 0.3 is 0 Å². The molecule has 2 aliphatic rings. The number of carbonyl (C=O) groups excluding carboxylic acids is 2. The van der Waals surface area contributed by atoms with E-state index in [2.05, 4.69) is 10.3 Å². The number of amides is 2. The van der Waals surface area contributed by atoms with E-state index in [1.54, 1.807) is 4.90 Å². The zero-order chi connectivity index (χ0) is 19.0. The van der Waals surface area contributed by atoms with Crippen LogP contribution in [0.1, 0.15) is 26.7 Å². The normalized spacial score (nSPS) is 16.9. The number of carbonyl (C=O) groups is 2. The van der Waals surface area contributed by atoms with Crippen molar-refractivity contribution in [2.24, 2.45) is 5.92 Å². The van der Waals surface area contributed by atoms with Crippen LogP contribution in [0.3, 0.4) is 0 Å². The number of rotatable bonds is 5. The number of hydrogen-bond donors (Lipinski definition) is 1. The number of nitrogens with one attached hydrogen (secondary N) is 1. The van der Waals surface area contributed by atoms with E-state index in [1.807, 2.05) is 37.4 Å². The maximum absolute atomic E-state index is 12.8. The fraction of sp³-hybridized carbons (Fsp3) is 0.421. The van der Waals surface area contributed by atoms with Crippen molar-refractivity contribution in [1.29, 1.82) is 0 Å². The van der Waals surface area contributed by atoms with Crippen LogP contribution in [-0.4, -0.2) is 41.1 Å². The van der Waals surface area contributed by atoms with Gasteiger partial charge in [0.2, 0.25) is 18.6 Å². The molecule has 142 valence electrons. The van der Waals surface area contributed by atoms with Crippen LogP contribution in [0.4, 0.5) is 5.13 Å². The molecule has 0 unspecified atom stereocenters. The second kappa shape index (κ2) is 7.19. The van der Waals surface area contributed by atoms with E-state index in [-0.39, 0.29) is 24.5 Å².